The fourth-order valence-corrected chi connectivity index (χ4v) is 3.61. The third-order valence-corrected chi connectivity index (χ3v) is 4.90. The number of nitrogens with zero attached hydrogens (tertiary/aromatic N) is 3. The molecule has 2 aromatic rings. The van der Waals surface area contributed by atoms with Crippen LogP contribution in [0.2, 0.25) is 0 Å². The predicted octanol–water partition coefficient (Wildman–Crippen LogP) is 1.36. The van der Waals surface area contributed by atoms with Gasteiger partial charge in [-0.05, 0) is 19.4 Å². The molecule has 1 N–H and O–H groups in total. The number of hydrogen-bond acceptors (Lipinski definition) is 5. The second kappa shape index (κ2) is 7.01. The minimum atomic E-state index is -0.126. The molecule has 7 heteroatoms. The maximum Gasteiger partial charge on any atom is 0.287 e. The molecule has 2 aliphatic heterocycles. The second-order valence-electron chi connectivity index (χ2n) is 6.82. The summed E-state index contributed by atoms with van der Waals surface area (Å²) in [7, 11) is 0. The van der Waals surface area contributed by atoms with Gasteiger partial charge in [-0.1, -0.05) is 0 Å². The maximum atomic E-state index is 12.7. The Labute approximate surface area is 147 Å². The molecule has 0 spiro atoms. The summed E-state index contributed by atoms with van der Waals surface area (Å²) in [5, 5.41) is 3.12. The third-order valence-electron chi connectivity index (χ3n) is 4.90. The third kappa shape index (κ3) is 3.62. The average molecular weight is 344 g/mol. The van der Waals surface area contributed by atoms with Crippen LogP contribution in [0.3, 0.4) is 0 Å². The van der Waals surface area contributed by atoms with Crippen molar-refractivity contribution in [1.29, 1.82) is 0 Å². The SMILES string of the molecule is Cc1cn2c(n1)CC[C@@H](NC(=O)c1occc1CN1CCOCC1)C2. The molecule has 7 nitrogen and oxygen atoms in total. The first kappa shape index (κ1) is 16.4. The lowest BCUT2D eigenvalue weighted by molar-refractivity contribution is 0.0339. The summed E-state index contributed by atoms with van der Waals surface area (Å²) in [6.45, 7) is 6.75. The van der Waals surface area contributed by atoms with Gasteiger partial charge < -0.3 is 19.0 Å². The van der Waals surface area contributed by atoms with Gasteiger partial charge in [0.25, 0.3) is 5.91 Å². The molecule has 1 fully saturated rings. The quantitative estimate of drug-likeness (QED) is 0.907. The van der Waals surface area contributed by atoms with Crippen LogP contribution in [0.4, 0.5) is 0 Å². The van der Waals surface area contributed by atoms with Crippen molar-refractivity contribution in [1.82, 2.24) is 19.8 Å². The maximum absolute atomic E-state index is 12.7. The van der Waals surface area contributed by atoms with E-state index < -0.39 is 0 Å². The zero-order valence-corrected chi connectivity index (χ0v) is 14.5. The van der Waals surface area contributed by atoms with Gasteiger partial charge in [-0.2, -0.15) is 0 Å². The lowest BCUT2D eigenvalue weighted by Gasteiger charge is -2.27. The summed E-state index contributed by atoms with van der Waals surface area (Å²) < 4.78 is 13.0. The van der Waals surface area contributed by atoms with E-state index in [0.717, 1.165) is 69.3 Å². The van der Waals surface area contributed by atoms with Crippen LogP contribution in [0.15, 0.2) is 22.9 Å². The van der Waals surface area contributed by atoms with Crippen molar-refractivity contribution in [2.75, 3.05) is 26.3 Å². The lowest BCUT2D eigenvalue weighted by Crippen LogP contribution is -2.41. The van der Waals surface area contributed by atoms with Crippen molar-refractivity contribution in [3.05, 3.63) is 41.4 Å². The number of aromatic nitrogens is 2. The summed E-state index contributed by atoms with van der Waals surface area (Å²) in [6.07, 6.45) is 5.44. The molecule has 0 radical (unpaired) electrons. The van der Waals surface area contributed by atoms with Crippen LogP contribution in [0.5, 0.6) is 0 Å². The number of aryl methyl sites for hydroxylation is 2. The topological polar surface area (TPSA) is 72.5 Å². The summed E-state index contributed by atoms with van der Waals surface area (Å²) in [4.78, 5) is 19.5. The van der Waals surface area contributed by atoms with Crippen molar-refractivity contribution < 1.29 is 13.9 Å². The zero-order valence-electron chi connectivity index (χ0n) is 14.5. The van der Waals surface area contributed by atoms with Crippen molar-refractivity contribution in [2.45, 2.75) is 38.9 Å². The van der Waals surface area contributed by atoms with Gasteiger partial charge in [0, 0.05) is 50.4 Å². The number of carbonyl (C=O) groups excluding carboxylic acids is 1. The molecule has 0 aliphatic carbocycles. The Morgan fingerprint density at radius 1 is 1.40 bits per heavy atom. The Morgan fingerprint density at radius 3 is 3.08 bits per heavy atom. The number of morpholine rings is 1. The number of nitrogens with one attached hydrogen (secondary N) is 1. The van der Waals surface area contributed by atoms with Crippen molar-refractivity contribution >= 4 is 5.91 Å². The van der Waals surface area contributed by atoms with E-state index in [1.165, 1.54) is 0 Å². The van der Waals surface area contributed by atoms with E-state index in [1.807, 2.05) is 19.2 Å². The summed E-state index contributed by atoms with van der Waals surface area (Å²) >= 11 is 0. The summed E-state index contributed by atoms with van der Waals surface area (Å²) in [5.74, 6) is 1.41. The molecular formula is C18H24N4O3. The van der Waals surface area contributed by atoms with Crippen LogP contribution in [-0.4, -0.2) is 52.7 Å². The Morgan fingerprint density at radius 2 is 2.24 bits per heavy atom. The Kier molecular flexibility index (Phi) is 4.59. The predicted molar refractivity (Wildman–Crippen MR) is 91.3 cm³/mol. The van der Waals surface area contributed by atoms with E-state index in [9.17, 15) is 4.79 Å². The molecule has 2 aliphatic rings. The van der Waals surface area contributed by atoms with Crippen molar-refractivity contribution in [2.24, 2.45) is 0 Å². The van der Waals surface area contributed by atoms with Gasteiger partial charge in [-0.25, -0.2) is 4.98 Å². The molecule has 1 saturated heterocycles. The van der Waals surface area contributed by atoms with E-state index in [-0.39, 0.29) is 11.9 Å². The molecule has 1 amide bonds. The minimum absolute atomic E-state index is 0.106. The Hall–Kier alpha value is -2.12. The summed E-state index contributed by atoms with van der Waals surface area (Å²) in [5.41, 5.74) is 1.97. The van der Waals surface area contributed by atoms with Crippen LogP contribution < -0.4 is 5.32 Å². The van der Waals surface area contributed by atoms with Crippen LogP contribution in [0.1, 0.15) is 34.1 Å². The summed E-state index contributed by atoms with van der Waals surface area (Å²) in [6, 6.07) is 2.00. The molecule has 0 aromatic carbocycles. The Balaban J connectivity index is 1.39. The number of furan rings is 1. The van der Waals surface area contributed by atoms with Gasteiger partial charge in [0.05, 0.1) is 25.2 Å². The highest BCUT2D eigenvalue weighted by Crippen LogP contribution is 2.18. The first-order chi connectivity index (χ1) is 12.2. The number of hydrogen-bond donors (Lipinski definition) is 1. The molecule has 1 atom stereocenters. The monoisotopic (exact) mass is 344 g/mol. The standard InChI is InChI=1S/C18H24N4O3/c1-13-10-22-12-15(2-3-16(22)19-13)20-18(23)17-14(4-7-25-17)11-21-5-8-24-9-6-21/h4,7,10,15H,2-3,5-6,8-9,11-12H2,1H3,(H,20,23)/t15-/m1/s1. The number of ether oxygens (including phenoxy) is 1. The minimum Gasteiger partial charge on any atom is -0.459 e. The molecule has 0 saturated carbocycles. The number of amides is 1. The first-order valence-electron chi connectivity index (χ1n) is 8.89. The van der Waals surface area contributed by atoms with Gasteiger partial charge in [-0.3, -0.25) is 9.69 Å². The van der Waals surface area contributed by atoms with E-state index in [1.54, 1.807) is 6.26 Å². The average Bonchev–Trinajstić information content (AvgIpc) is 3.21. The molecule has 0 bridgehead atoms. The van der Waals surface area contributed by atoms with Crippen molar-refractivity contribution in [3.8, 4) is 0 Å². The van der Waals surface area contributed by atoms with Gasteiger partial charge in [0.2, 0.25) is 0 Å². The number of imidazole rings is 1. The van der Waals surface area contributed by atoms with Gasteiger partial charge in [-0.15, -0.1) is 0 Å². The molecule has 2 aromatic heterocycles. The smallest absolute Gasteiger partial charge is 0.287 e. The first-order valence-corrected chi connectivity index (χ1v) is 8.89. The van der Waals surface area contributed by atoms with E-state index >= 15 is 0 Å². The normalized spacial score (nSPS) is 21.1. The highest BCUT2D eigenvalue weighted by atomic mass is 16.5. The van der Waals surface area contributed by atoms with Crippen LogP contribution in [0.25, 0.3) is 0 Å². The van der Waals surface area contributed by atoms with E-state index in [4.69, 9.17) is 9.15 Å². The van der Waals surface area contributed by atoms with E-state index in [2.05, 4.69) is 19.8 Å². The second-order valence-corrected chi connectivity index (χ2v) is 6.82. The van der Waals surface area contributed by atoms with E-state index in [0.29, 0.717) is 5.76 Å². The van der Waals surface area contributed by atoms with Crippen LogP contribution in [0, 0.1) is 6.92 Å². The molecule has 0 unspecified atom stereocenters. The fraction of sp³-hybridized carbons (Fsp3) is 0.556. The van der Waals surface area contributed by atoms with Gasteiger partial charge in [0.1, 0.15) is 5.82 Å². The molecule has 4 heterocycles. The molecule has 4 rings (SSSR count). The number of rotatable bonds is 4. The van der Waals surface area contributed by atoms with Crippen LogP contribution in [-0.2, 0) is 24.2 Å². The molecule has 134 valence electrons. The lowest BCUT2D eigenvalue weighted by atomic mass is 10.1. The Bertz CT molecular complexity index is 745. The molecular weight excluding hydrogens is 320 g/mol. The van der Waals surface area contributed by atoms with Gasteiger partial charge >= 0.3 is 0 Å². The highest BCUT2D eigenvalue weighted by Gasteiger charge is 2.25. The number of fused-ring (bicyclic) bond motifs is 1. The highest BCUT2D eigenvalue weighted by molar-refractivity contribution is 5.93. The van der Waals surface area contributed by atoms with Crippen molar-refractivity contribution in [3.63, 3.8) is 0 Å². The fourth-order valence-electron chi connectivity index (χ4n) is 3.61. The zero-order chi connectivity index (χ0) is 17.2. The molecule has 25 heavy (non-hydrogen) atoms. The van der Waals surface area contributed by atoms with Crippen LogP contribution >= 0.6 is 0 Å². The van der Waals surface area contributed by atoms with Gasteiger partial charge in [0.15, 0.2) is 5.76 Å². The largest absolute Gasteiger partial charge is 0.459 e. The number of carbonyl (C=O) groups is 1.